The summed E-state index contributed by atoms with van der Waals surface area (Å²) in [6.07, 6.45) is 5.91. The Bertz CT molecular complexity index is 1360. The number of amides is 1. The Morgan fingerprint density at radius 3 is 2.84 bits per heavy atom. The zero-order valence-corrected chi connectivity index (χ0v) is 22.3. The summed E-state index contributed by atoms with van der Waals surface area (Å²) in [5.41, 5.74) is 1.34. The summed E-state index contributed by atoms with van der Waals surface area (Å²) in [5.74, 6) is 0.184. The van der Waals surface area contributed by atoms with Gasteiger partial charge in [0.25, 0.3) is 11.5 Å². The van der Waals surface area contributed by atoms with Crippen LogP contribution < -0.4 is 25.4 Å². The normalized spacial score (nSPS) is 18.8. The van der Waals surface area contributed by atoms with Crippen LogP contribution in [0.5, 0.6) is 0 Å². The van der Waals surface area contributed by atoms with Gasteiger partial charge in [-0.2, -0.15) is 5.26 Å². The molecular formula is C27H34N6O3S. The van der Waals surface area contributed by atoms with E-state index in [4.69, 9.17) is 4.74 Å². The summed E-state index contributed by atoms with van der Waals surface area (Å²) in [4.78, 5) is 32.6. The summed E-state index contributed by atoms with van der Waals surface area (Å²) >= 11 is 1.22. The van der Waals surface area contributed by atoms with Gasteiger partial charge in [-0.25, -0.2) is 4.99 Å². The number of nitrogens with one attached hydrogen (secondary N) is 2. The van der Waals surface area contributed by atoms with Crippen LogP contribution in [0.1, 0.15) is 49.9 Å². The smallest absolute Gasteiger partial charge is 0.270 e. The molecule has 1 saturated heterocycles. The van der Waals surface area contributed by atoms with E-state index in [-0.39, 0.29) is 23.1 Å². The van der Waals surface area contributed by atoms with Crippen LogP contribution in [0.2, 0.25) is 0 Å². The Morgan fingerprint density at radius 1 is 1.32 bits per heavy atom. The minimum absolute atomic E-state index is 0.0300. The van der Waals surface area contributed by atoms with Crippen molar-refractivity contribution in [1.82, 2.24) is 14.8 Å². The number of hydrogen-bond donors (Lipinski definition) is 2. The molecule has 2 N–H and O–H groups in total. The lowest BCUT2D eigenvalue weighted by Crippen LogP contribution is -2.32. The van der Waals surface area contributed by atoms with E-state index in [0.29, 0.717) is 46.0 Å². The van der Waals surface area contributed by atoms with Crippen molar-refractivity contribution in [3.8, 4) is 6.07 Å². The van der Waals surface area contributed by atoms with Gasteiger partial charge in [0.2, 0.25) is 5.90 Å². The first-order chi connectivity index (χ1) is 18.0. The molecule has 1 aromatic heterocycles. The van der Waals surface area contributed by atoms with E-state index in [0.717, 1.165) is 32.5 Å². The minimum atomic E-state index is -0.194. The predicted molar refractivity (Wildman–Crippen MR) is 147 cm³/mol. The lowest BCUT2D eigenvalue weighted by molar-refractivity contribution is 0.0952. The van der Waals surface area contributed by atoms with Crippen molar-refractivity contribution >= 4 is 40.6 Å². The third-order valence-electron chi connectivity index (χ3n) is 6.58. The highest BCUT2D eigenvalue weighted by atomic mass is 32.1. The molecular weight excluding hydrogens is 488 g/mol. The fraction of sp³-hybridized carbons (Fsp3) is 0.481. The van der Waals surface area contributed by atoms with Gasteiger partial charge in [0.15, 0.2) is 0 Å². The fourth-order valence-electron chi connectivity index (χ4n) is 4.45. The summed E-state index contributed by atoms with van der Waals surface area (Å²) in [7, 11) is 0. The Hall–Kier alpha value is -3.42. The number of rotatable bonds is 10. The molecule has 2 aliphatic heterocycles. The van der Waals surface area contributed by atoms with Gasteiger partial charge in [0.05, 0.1) is 6.04 Å². The van der Waals surface area contributed by atoms with Crippen molar-refractivity contribution in [2.45, 2.75) is 52.1 Å². The fourth-order valence-corrected chi connectivity index (χ4v) is 5.53. The van der Waals surface area contributed by atoms with E-state index >= 15 is 0 Å². The van der Waals surface area contributed by atoms with Gasteiger partial charge in [0.1, 0.15) is 27.4 Å². The van der Waals surface area contributed by atoms with E-state index in [9.17, 15) is 14.9 Å². The number of anilines is 1. The van der Waals surface area contributed by atoms with Gasteiger partial charge in [-0.15, -0.1) is 11.3 Å². The number of ether oxygens (including phenoxy) is 1. The second kappa shape index (κ2) is 12.7. The lowest BCUT2D eigenvalue weighted by Gasteiger charge is -2.14. The summed E-state index contributed by atoms with van der Waals surface area (Å²) in [6.45, 7) is 8.72. The van der Waals surface area contributed by atoms with Gasteiger partial charge in [0, 0.05) is 30.5 Å². The molecule has 0 unspecified atom stereocenters. The number of carbonyl (C=O) groups excluding carboxylic acids is 1. The average molecular weight is 523 g/mol. The molecule has 1 amide bonds. The quantitative estimate of drug-likeness (QED) is 0.461. The number of nitrogens with zero attached hydrogens (tertiary/aromatic N) is 4. The molecule has 3 heterocycles. The molecule has 0 saturated carbocycles. The number of thiazole rings is 1. The number of aliphatic imine (C=N–C) groups is 1. The molecule has 37 heavy (non-hydrogen) atoms. The second-order valence-electron chi connectivity index (χ2n) is 9.14. The molecule has 2 aromatic rings. The summed E-state index contributed by atoms with van der Waals surface area (Å²) in [5, 5.41) is 16.0. The van der Waals surface area contributed by atoms with Crippen LogP contribution in [0.15, 0.2) is 34.1 Å². The zero-order chi connectivity index (χ0) is 26.2. The first-order valence-electron chi connectivity index (χ1n) is 13.0. The van der Waals surface area contributed by atoms with Crippen molar-refractivity contribution in [1.29, 1.82) is 5.26 Å². The number of benzene rings is 1. The van der Waals surface area contributed by atoms with Gasteiger partial charge >= 0.3 is 0 Å². The van der Waals surface area contributed by atoms with Crippen molar-refractivity contribution in [3.63, 3.8) is 0 Å². The van der Waals surface area contributed by atoms with E-state index in [1.807, 2.05) is 19.9 Å². The Balaban J connectivity index is 1.49. The third kappa shape index (κ3) is 6.48. The highest BCUT2D eigenvalue weighted by Crippen LogP contribution is 2.14. The van der Waals surface area contributed by atoms with Crippen LogP contribution in [0.4, 0.5) is 5.69 Å². The van der Waals surface area contributed by atoms with Crippen LogP contribution >= 0.6 is 11.3 Å². The van der Waals surface area contributed by atoms with E-state index < -0.39 is 0 Å². The largest absolute Gasteiger partial charge is 0.475 e. The molecule has 0 aliphatic carbocycles. The number of nitriles is 1. The minimum Gasteiger partial charge on any atom is -0.475 e. The Morgan fingerprint density at radius 2 is 2.14 bits per heavy atom. The predicted octanol–water partition coefficient (Wildman–Crippen LogP) is 1.88. The molecule has 9 nitrogen and oxygen atoms in total. The van der Waals surface area contributed by atoms with Crippen molar-refractivity contribution in [3.05, 3.63) is 49.4 Å². The molecule has 1 atom stereocenters. The maximum Gasteiger partial charge on any atom is 0.270 e. The first kappa shape index (κ1) is 26.6. The van der Waals surface area contributed by atoms with E-state index in [2.05, 4.69) is 26.6 Å². The van der Waals surface area contributed by atoms with Crippen molar-refractivity contribution in [2.24, 2.45) is 4.99 Å². The Labute approximate surface area is 220 Å². The number of likely N-dealkylation sites (tertiary alicyclic amines) is 1. The van der Waals surface area contributed by atoms with Gasteiger partial charge < -0.3 is 20.3 Å². The highest BCUT2D eigenvalue weighted by Gasteiger charge is 2.23. The lowest BCUT2D eigenvalue weighted by atomic mass is 10.2. The van der Waals surface area contributed by atoms with Crippen LogP contribution in [0.3, 0.4) is 0 Å². The Kier molecular flexibility index (Phi) is 9.14. The zero-order valence-electron chi connectivity index (χ0n) is 21.5. The standard InChI is InChI=1S/C27H34N6O3S/c1-3-20-18-36-25(31-20)22(16-28)27-33(4-2)26(35)23(37-27)17-30-21-10-7-9-19(15-21)24(34)29-11-8-14-32-12-5-6-13-32/h7,9-10,15,17,20,30H,3-6,8,11-14,18H2,1-2H3,(H,29,34)/b23-17+,27-22-/t20-/m0/s1. The molecule has 1 fully saturated rings. The van der Waals surface area contributed by atoms with Gasteiger partial charge in [-0.05, 0) is 70.4 Å². The second-order valence-corrected chi connectivity index (χ2v) is 10.2. The summed E-state index contributed by atoms with van der Waals surface area (Å²) < 4.78 is 8.20. The number of aromatic nitrogens is 1. The van der Waals surface area contributed by atoms with Crippen LogP contribution in [0, 0.1) is 11.3 Å². The van der Waals surface area contributed by atoms with Crippen molar-refractivity contribution in [2.75, 3.05) is 38.1 Å². The van der Waals surface area contributed by atoms with Crippen LogP contribution in [0.25, 0.3) is 11.8 Å². The molecule has 1 aromatic carbocycles. The maximum atomic E-state index is 13.0. The van der Waals surface area contributed by atoms with Crippen LogP contribution in [-0.2, 0) is 11.3 Å². The molecule has 10 heteroatoms. The molecule has 2 aliphatic rings. The van der Waals surface area contributed by atoms with Gasteiger partial charge in [-0.1, -0.05) is 13.0 Å². The van der Waals surface area contributed by atoms with Gasteiger partial charge in [-0.3, -0.25) is 14.2 Å². The maximum absolute atomic E-state index is 13.0. The topological polar surface area (TPSA) is 112 Å². The molecule has 4 rings (SSSR count). The van der Waals surface area contributed by atoms with Crippen LogP contribution in [-0.4, -0.2) is 60.1 Å². The summed E-state index contributed by atoms with van der Waals surface area (Å²) in [6, 6.07) is 9.39. The number of carbonyl (C=O) groups is 1. The molecule has 0 radical (unpaired) electrons. The molecule has 196 valence electrons. The van der Waals surface area contributed by atoms with E-state index in [1.165, 1.54) is 24.2 Å². The molecule has 0 spiro atoms. The van der Waals surface area contributed by atoms with E-state index in [1.54, 1.807) is 29.0 Å². The third-order valence-corrected chi connectivity index (χ3v) is 7.71. The molecule has 0 bridgehead atoms. The average Bonchev–Trinajstić information content (AvgIpc) is 3.67. The monoisotopic (exact) mass is 522 g/mol. The SMILES string of the molecule is CC[C@H]1COC(/C(C#N)=c2\s/c(=C/Nc3cccc(C(=O)NCCCN4CCCC4)c3)c(=O)n2CC)=N1. The van der Waals surface area contributed by atoms with Crippen molar-refractivity contribution < 1.29 is 9.53 Å². The first-order valence-corrected chi connectivity index (χ1v) is 13.8. The number of hydrogen-bond acceptors (Lipinski definition) is 8. The highest BCUT2D eigenvalue weighted by molar-refractivity contribution is 7.07.